The Morgan fingerprint density at radius 1 is 0.852 bits per heavy atom. The van der Waals surface area contributed by atoms with Gasteiger partial charge in [-0.05, 0) is 24.3 Å². The molecular formula is C17H9F5N4O. The van der Waals surface area contributed by atoms with Crippen LogP contribution in [0.1, 0.15) is 10.5 Å². The zero-order chi connectivity index (χ0) is 19.6. The van der Waals surface area contributed by atoms with Gasteiger partial charge < -0.3 is 10.6 Å². The van der Waals surface area contributed by atoms with E-state index in [-0.39, 0.29) is 11.5 Å². The Morgan fingerprint density at radius 2 is 1.56 bits per heavy atom. The summed E-state index contributed by atoms with van der Waals surface area (Å²) in [5.74, 6) is -7.60. The molecule has 0 bridgehead atoms. The highest BCUT2D eigenvalue weighted by atomic mass is 19.2. The van der Waals surface area contributed by atoms with Crippen molar-refractivity contribution in [1.82, 2.24) is 9.97 Å². The fraction of sp³-hybridized carbons (Fsp3) is 0. The van der Waals surface area contributed by atoms with Crippen LogP contribution in [0, 0.1) is 29.1 Å². The molecule has 0 aliphatic heterocycles. The highest BCUT2D eigenvalue weighted by Crippen LogP contribution is 2.23. The zero-order valence-corrected chi connectivity index (χ0v) is 13.2. The summed E-state index contributed by atoms with van der Waals surface area (Å²) >= 11 is 0. The van der Waals surface area contributed by atoms with Gasteiger partial charge in [-0.25, -0.2) is 31.9 Å². The maximum absolute atomic E-state index is 13.7. The Bertz CT molecular complexity index is 1010. The molecule has 0 aliphatic carbocycles. The maximum Gasteiger partial charge on any atom is 0.274 e. The molecule has 1 amide bonds. The first kappa shape index (κ1) is 18.2. The van der Waals surface area contributed by atoms with Gasteiger partial charge in [0.2, 0.25) is 0 Å². The van der Waals surface area contributed by atoms with Crippen molar-refractivity contribution in [3.8, 4) is 0 Å². The van der Waals surface area contributed by atoms with Crippen LogP contribution in [0.5, 0.6) is 0 Å². The first-order valence-electron chi connectivity index (χ1n) is 7.34. The van der Waals surface area contributed by atoms with Gasteiger partial charge in [-0.15, -0.1) is 0 Å². The van der Waals surface area contributed by atoms with Crippen LogP contribution in [0.25, 0.3) is 0 Å². The number of carbonyl (C=O) groups is 1. The summed E-state index contributed by atoms with van der Waals surface area (Å²) in [7, 11) is 0. The van der Waals surface area contributed by atoms with Gasteiger partial charge in [0.05, 0.1) is 5.69 Å². The SMILES string of the molecule is O=C(Nc1ccc(F)c(F)c1F)c1cc(Nc2c(F)cccc2F)ncn1. The highest BCUT2D eigenvalue weighted by Gasteiger charge is 2.17. The molecule has 0 radical (unpaired) electrons. The predicted octanol–water partition coefficient (Wildman–Crippen LogP) is 4.17. The number of benzene rings is 2. The quantitative estimate of drug-likeness (QED) is 0.527. The number of amides is 1. The summed E-state index contributed by atoms with van der Waals surface area (Å²) in [5.41, 5.74) is -1.41. The number of aromatic nitrogens is 2. The molecule has 1 aromatic heterocycles. The van der Waals surface area contributed by atoms with E-state index in [0.29, 0.717) is 6.07 Å². The van der Waals surface area contributed by atoms with Gasteiger partial charge in [-0.2, -0.15) is 0 Å². The normalized spacial score (nSPS) is 10.6. The number of nitrogens with zero attached hydrogens (tertiary/aromatic N) is 2. The maximum atomic E-state index is 13.7. The molecule has 27 heavy (non-hydrogen) atoms. The van der Waals surface area contributed by atoms with Gasteiger partial charge in [-0.3, -0.25) is 4.79 Å². The summed E-state index contributed by atoms with van der Waals surface area (Å²) in [6.45, 7) is 0. The van der Waals surface area contributed by atoms with Crippen LogP contribution in [0.4, 0.5) is 39.1 Å². The average molecular weight is 380 g/mol. The lowest BCUT2D eigenvalue weighted by molar-refractivity contribution is 0.102. The van der Waals surface area contributed by atoms with E-state index < -0.39 is 46.4 Å². The lowest BCUT2D eigenvalue weighted by Gasteiger charge is -2.10. The van der Waals surface area contributed by atoms with E-state index in [1.165, 1.54) is 6.07 Å². The number of hydrogen-bond acceptors (Lipinski definition) is 4. The third kappa shape index (κ3) is 3.84. The summed E-state index contributed by atoms with van der Waals surface area (Å²) in [6, 6.07) is 5.73. The second-order valence-corrected chi connectivity index (χ2v) is 5.19. The van der Waals surface area contributed by atoms with Gasteiger partial charge >= 0.3 is 0 Å². The van der Waals surface area contributed by atoms with Gasteiger partial charge in [0, 0.05) is 6.07 Å². The van der Waals surface area contributed by atoms with E-state index in [4.69, 9.17) is 0 Å². The molecule has 3 rings (SSSR count). The number of anilines is 3. The Kier molecular flexibility index (Phi) is 4.97. The summed E-state index contributed by atoms with van der Waals surface area (Å²) in [5, 5.41) is 4.38. The molecule has 0 unspecified atom stereocenters. The standard InChI is InChI=1S/C17H9F5N4O/c18-8-4-5-11(15(22)14(8)21)25-17(27)12-6-13(24-7-23-12)26-16-9(19)2-1-3-10(16)20/h1-7H,(H,25,27)(H,23,24,26). The number of nitrogens with one attached hydrogen (secondary N) is 2. The molecule has 10 heteroatoms. The smallest absolute Gasteiger partial charge is 0.274 e. The van der Waals surface area contributed by atoms with Crippen LogP contribution in [0.2, 0.25) is 0 Å². The molecule has 0 fully saturated rings. The lowest BCUT2D eigenvalue weighted by atomic mass is 10.2. The van der Waals surface area contributed by atoms with E-state index >= 15 is 0 Å². The van der Waals surface area contributed by atoms with Crippen molar-refractivity contribution in [2.75, 3.05) is 10.6 Å². The van der Waals surface area contributed by atoms with Crippen molar-refractivity contribution in [2.45, 2.75) is 0 Å². The van der Waals surface area contributed by atoms with Crippen molar-refractivity contribution in [3.05, 3.63) is 77.5 Å². The van der Waals surface area contributed by atoms with Crippen molar-refractivity contribution in [1.29, 1.82) is 0 Å². The topological polar surface area (TPSA) is 66.9 Å². The van der Waals surface area contributed by atoms with Gasteiger partial charge in [0.25, 0.3) is 5.91 Å². The fourth-order valence-electron chi connectivity index (χ4n) is 2.10. The van der Waals surface area contributed by atoms with Crippen LogP contribution in [0.15, 0.2) is 42.7 Å². The molecular weight excluding hydrogens is 371 g/mol. The van der Waals surface area contributed by atoms with Gasteiger partial charge in [0.1, 0.15) is 35.2 Å². The number of carbonyl (C=O) groups excluding carboxylic acids is 1. The molecule has 0 atom stereocenters. The van der Waals surface area contributed by atoms with Gasteiger partial charge in [-0.1, -0.05) is 6.07 Å². The second kappa shape index (κ2) is 7.36. The minimum absolute atomic E-state index is 0.120. The number of para-hydroxylation sites is 1. The molecule has 0 saturated heterocycles. The van der Waals surface area contributed by atoms with Crippen LogP contribution < -0.4 is 10.6 Å². The van der Waals surface area contributed by atoms with E-state index in [0.717, 1.165) is 30.6 Å². The van der Waals surface area contributed by atoms with Crippen molar-refractivity contribution in [3.63, 3.8) is 0 Å². The number of rotatable bonds is 4. The molecule has 5 nitrogen and oxygen atoms in total. The van der Waals surface area contributed by atoms with Crippen LogP contribution in [-0.2, 0) is 0 Å². The minimum atomic E-state index is -1.74. The Balaban J connectivity index is 1.83. The predicted molar refractivity (Wildman–Crippen MR) is 85.9 cm³/mol. The van der Waals surface area contributed by atoms with Crippen LogP contribution in [-0.4, -0.2) is 15.9 Å². The monoisotopic (exact) mass is 380 g/mol. The first-order chi connectivity index (χ1) is 12.9. The lowest BCUT2D eigenvalue weighted by Crippen LogP contribution is -2.16. The third-order valence-electron chi connectivity index (χ3n) is 3.40. The van der Waals surface area contributed by atoms with E-state index in [1.54, 1.807) is 0 Å². The summed E-state index contributed by atoms with van der Waals surface area (Å²) in [4.78, 5) is 19.5. The molecule has 2 aromatic carbocycles. The number of hydrogen-bond donors (Lipinski definition) is 2. The largest absolute Gasteiger partial charge is 0.335 e. The third-order valence-corrected chi connectivity index (χ3v) is 3.40. The number of halogens is 5. The van der Waals surface area contributed by atoms with Crippen LogP contribution in [0.3, 0.4) is 0 Å². The Hall–Kier alpha value is -3.56. The van der Waals surface area contributed by atoms with E-state index in [9.17, 15) is 26.7 Å². The average Bonchev–Trinajstić information content (AvgIpc) is 2.65. The zero-order valence-electron chi connectivity index (χ0n) is 13.2. The molecule has 3 aromatic rings. The molecule has 138 valence electrons. The molecule has 0 aliphatic rings. The summed E-state index contributed by atoms with van der Waals surface area (Å²) in [6.07, 6.45) is 0.928. The Morgan fingerprint density at radius 3 is 2.26 bits per heavy atom. The molecule has 1 heterocycles. The summed E-state index contributed by atoms with van der Waals surface area (Å²) < 4.78 is 67.1. The fourth-order valence-corrected chi connectivity index (χ4v) is 2.10. The first-order valence-corrected chi connectivity index (χ1v) is 7.34. The van der Waals surface area contributed by atoms with Crippen LogP contribution >= 0.6 is 0 Å². The van der Waals surface area contributed by atoms with Gasteiger partial charge in [0.15, 0.2) is 17.5 Å². The van der Waals surface area contributed by atoms with Crippen molar-refractivity contribution < 1.29 is 26.7 Å². The highest BCUT2D eigenvalue weighted by molar-refractivity contribution is 6.03. The minimum Gasteiger partial charge on any atom is -0.335 e. The van der Waals surface area contributed by atoms with Crippen molar-refractivity contribution >= 4 is 23.1 Å². The molecule has 0 spiro atoms. The second-order valence-electron chi connectivity index (χ2n) is 5.19. The van der Waals surface area contributed by atoms with E-state index in [2.05, 4.69) is 15.3 Å². The molecule has 2 N–H and O–H groups in total. The molecule has 0 saturated carbocycles. The van der Waals surface area contributed by atoms with Crippen molar-refractivity contribution in [2.24, 2.45) is 0 Å². The Labute approximate surface area is 148 Å². The van der Waals surface area contributed by atoms with E-state index in [1.807, 2.05) is 5.32 Å².